The van der Waals surface area contributed by atoms with Crippen LogP contribution in [0.3, 0.4) is 0 Å². The molecule has 0 amide bonds. The summed E-state index contributed by atoms with van der Waals surface area (Å²) < 4.78 is 0. The van der Waals surface area contributed by atoms with Crippen LogP contribution in [0.25, 0.3) is 0 Å². The van der Waals surface area contributed by atoms with E-state index < -0.39 is 5.97 Å². The molecule has 1 N–H and O–H groups in total. The van der Waals surface area contributed by atoms with E-state index in [1.54, 1.807) is 0 Å². The van der Waals surface area contributed by atoms with Crippen molar-refractivity contribution in [3.8, 4) is 0 Å². The van der Waals surface area contributed by atoms with Crippen LogP contribution >= 0.6 is 0 Å². The minimum absolute atomic E-state index is 0.0109. The molecular weight excluding hydrogens is 296 g/mol. The molecule has 2 heterocycles. The molecule has 0 aromatic carbocycles. The molecule has 0 radical (unpaired) electrons. The van der Waals surface area contributed by atoms with Crippen LogP contribution < -0.4 is 0 Å². The third-order valence-electron chi connectivity index (χ3n) is 3.92. The number of carbonyl (C=O) groups is 2. The highest BCUT2D eigenvalue weighted by Crippen LogP contribution is 2.08. The van der Waals surface area contributed by atoms with Gasteiger partial charge in [0.2, 0.25) is 0 Å². The molecule has 23 heavy (non-hydrogen) atoms. The van der Waals surface area contributed by atoms with E-state index in [0.29, 0.717) is 26.2 Å². The first-order valence-electron chi connectivity index (χ1n) is 7.80. The fourth-order valence-electron chi connectivity index (χ4n) is 2.65. The van der Waals surface area contributed by atoms with Gasteiger partial charge >= 0.3 is 5.97 Å². The Bertz CT molecular complexity index is 538. The average molecular weight is 320 g/mol. The predicted octanol–water partition coefficient (Wildman–Crippen LogP) is -0.0855. The molecule has 2 rings (SSSR count). The van der Waals surface area contributed by atoms with Crippen LogP contribution in [0, 0.1) is 0 Å². The van der Waals surface area contributed by atoms with Crippen LogP contribution in [0.1, 0.15) is 11.4 Å². The van der Waals surface area contributed by atoms with Gasteiger partial charge in [0.15, 0.2) is 0 Å². The lowest BCUT2D eigenvalue weighted by Crippen LogP contribution is -2.40. The van der Waals surface area contributed by atoms with E-state index in [1.807, 2.05) is 30.1 Å². The number of hydrogen-bond acceptors (Lipinski definition) is 6. The summed E-state index contributed by atoms with van der Waals surface area (Å²) in [5.74, 6) is -0.826. The fourth-order valence-corrected chi connectivity index (χ4v) is 2.65. The van der Waals surface area contributed by atoms with Crippen molar-refractivity contribution in [3.63, 3.8) is 0 Å². The third-order valence-corrected chi connectivity index (χ3v) is 3.92. The number of aldehydes is 1. The molecule has 0 saturated carbocycles. The minimum atomic E-state index is -0.826. The van der Waals surface area contributed by atoms with Crippen LogP contribution in [0.4, 0.5) is 0 Å². The molecule has 1 aromatic heterocycles. The van der Waals surface area contributed by atoms with Crippen LogP contribution in [0.2, 0.25) is 0 Å². The Labute approximate surface area is 136 Å². The van der Waals surface area contributed by atoms with Crippen molar-refractivity contribution in [1.82, 2.24) is 19.7 Å². The van der Waals surface area contributed by atoms with E-state index >= 15 is 0 Å². The Morgan fingerprint density at radius 2 is 1.78 bits per heavy atom. The number of aromatic nitrogens is 1. The second-order valence-electron chi connectivity index (χ2n) is 5.93. The van der Waals surface area contributed by atoms with Gasteiger partial charge in [0.05, 0.1) is 24.5 Å². The molecule has 1 aliphatic heterocycles. The molecule has 1 aromatic rings. The van der Waals surface area contributed by atoms with E-state index in [1.165, 1.54) is 0 Å². The van der Waals surface area contributed by atoms with Gasteiger partial charge in [0.1, 0.15) is 6.29 Å². The monoisotopic (exact) mass is 320 g/mol. The summed E-state index contributed by atoms with van der Waals surface area (Å²) in [5.41, 5.74) is 1.76. The Morgan fingerprint density at radius 3 is 2.39 bits per heavy atom. The average Bonchev–Trinajstić information content (AvgIpc) is 2.49. The number of hydrogen-bond donors (Lipinski definition) is 1. The second-order valence-corrected chi connectivity index (χ2v) is 5.93. The number of carboxylic acid groups (broad SMARTS) is 1. The minimum Gasteiger partial charge on any atom is -0.480 e. The van der Waals surface area contributed by atoms with Crippen molar-refractivity contribution in [2.24, 2.45) is 0 Å². The lowest BCUT2D eigenvalue weighted by Gasteiger charge is -2.27. The van der Waals surface area contributed by atoms with Gasteiger partial charge in [0.25, 0.3) is 0 Å². The number of rotatable bonds is 4. The van der Waals surface area contributed by atoms with Gasteiger partial charge in [-0.2, -0.15) is 0 Å². The zero-order valence-electron chi connectivity index (χ0n) is 13.5. The molecular formula is C16H24N4O3. The first-order valence-corrected chi connectivity index (χ1v) is 7.80. The highest BCUT2D eigenvalue weighted by molar-refractivity contribution is 5.69. The summed E-state index contributed by atoms with van der Waals surface area (Å²) >= 11 is 0. The van der Waals surface area contributed by atoms with E-state index in [0.717, 1.165) is 37.3 Å². The Hall–Kier alpha value is -1.83. The molecule has 0 atom stereocenters. The number of fused-ring (bicyclic) bond motifs is 2. The normalized spacial score (nSPS) is 18.8. The molecule has 2 bridgehead atoms. The number of carboxylic acids is 1. The quantitative estimate of drug-likeness (QED) is 0.777. The third kappa shape index (κ3) is 6.05. The predicted molar refractivity (Wildman–Crippen MR) is 86.0 cm³/mol. The number of pyridine rings is 1. The van der Waals surface area contributed by atoms with Crippen molar-refractivity contribution >= 4 is 12.3 Å². The number of aliphatic carboxylic acids is 1. The van der Waals surface area contributed by atoms with Gasteiger partial charge in [-0.3, -0.25) is 19.6 Å². The number of nitrogens with zero attached hydrogens (tertiary/aromatic N) is 4. The summed E-state index contributed by atoms with van der Waals surface area (Å²) in [6.07, 6.45) is 0.921. The first-order chi connectivity index (χ1) is 11.1. The van der Waals surface area contributed by atoms with Crippen LogP contribution in [-0.4, -0.2) is 83.4 Å². The summed E-state index contributed by atoms with van der Waals surface area (Å²) in [7, 11) is 2.02. The second kappa shape index (κ2) is 8.71. The zero-order chi connectivity index (χ0) is 16.7. The zero-order valence-corrected chi connectivity index (χ0v) is 13.5. The Kier molecular flexibility index (Phi) is 6.64. The van der Waals surface area contributed by atoms with E-state index in [2.05, 4.69) is 14.8 Å². The standard InChI is InChI=1S/C16H24N4O3/c1-18-5-7-19(9-10-21)11-14-3-2-4-15(17-14)12-20(8-6-18)13-16(22)23/h2-4,10H,5-9,11-13H2,1H3,(H,22,23). The molecule has 0 unspecified atom stereocenters. The molecule has 0 saturated heterocycles. The molecule has 0 aliphatic carbocycles. The smallest absolute Gasteiger partial charge is 0.317 e. The van der Waals surface area contributed by atoms with Crippen LogP contribution in [-0.2, 0) is 22.7 Å². The van der Waals surface area contributed by atoms with Gasteiger partial charge in [-0.25, -0.2) is 0 Å². The van der Waals surface area contributed by atoms with Crippen LogP contribution in [0.15, 0.2) is 18.2 Å². The number of likely N-dealkylation sites (N-methyl/N-ethyl adjacent to an activating group) is 1. The van der Waals surface area contributed by atoms with Crippen molar-refractivity contribution in [1.29, 1.82) is 0 Å². The Morgan fingerprint density at radius 1 is 1.17 bits per heavy atom. The lowest BCUT2D eigenvalue weighted by molar-refractivity contribution is -0.138. The maximum Gasteiger partial charge on any atom is 0.317 e. The summed E-state index contributed by atoms with van der Waals surface area (Å²) in [4.78, 5) is 32.7. The molecule has 0 spiro atoms. The molecule has 126 valence electrons. The molecule has 0 fully saturated rings. The van der Waals surface area contributed by atoms with Crippen molar-refractivity contribution in [2.45, 2.75) is 13.1 Å². The van der Waals surface area contributed by atoms with E-state index in [4.69, 9.17) is 5.11 Å². The molecule has 1 aliphatic rings. The number of carbonyl (C=O) groups excluding carboxylic acids is 1. The topological polar surface area (TPSA) is 77.0 Å². The van der Waals surface area contributed by atoms with E-state index in [9.17, 15) is 9.59 Å². The first kappa shape index (κ1) is 17.5. The largest absolute Gasteiger partial charge is 0.480 e. The van der Waals surface area contributed by atoms with Crippen LogP contribution in [0.5, 0.6) is 0 Å². The van der Waals surface area contributed by atoms with E-state index in [-0.39, 0.29) is 6.54 Å². The summed E-state index contributed by atoms with van der Waals surface area (Å²) in [6, 6.07) is 5.80. The van der Waals surface area contributed by atoms with Crippen molar-refractivity contribution < 1.29 is 14.7 Å². The lowest BCUT2D eigenvalue weighted by atomic mass is 10.2. The van der Waals surface area contributed by atoms with Crippen molar-refractivity contribution in [2.75, 3.05) is 46.3 Å². The maximum absolute atomic E-state index is 11.0. The van der Waals surface area contributed by atoms with Gasteiger partial charge in [0, 0.05) is 39.3 Å². The fraction of sp³-hybridized carbons (Fsp3) is 0.562. The highest BCUT2D eigenvalue weighted by Gasteiger charge is 2.15. The SMILES string of the molecule is CN1CCN(CC=O)Cc2cccc(n2)CN(CC(=O)O)CC1. The summed E-state index contributed by atoms with van der Waals surface area (Å²) in [6.45, 7) is 4.60. The van der Waals surface area contributed by atoms with Gasteiger partial charge in [-0.15, -0.1) is 0 Å². The molecule has 7 heteroatoms. The maximum atomic E-state index is 11.0. The van der Waals surface area contributed by atoms with Gasteiger partial charge < -0.3 is 14.8 Å². The summed E-state index contributed by atoms with van der Waals surface area (Å²) in [5, 5.41) is 9.07. The highest BCUT2D eigenvalue weighted by atomic mass is 16.4. The Balaban J connectivity index is 2.18. The van der Waals surface area contributed by atoms with Gasteiger partial charge in [-0.05, 0) is 19.2 Å². The molecule has 7 nitrogen and oxygen atoms in total. The van der Waals surface area contributed by atoms with Crippen molar-refractivity contribution in [3.05, 3.63) is 29.6 Å². The van der Waals surface area contributed by atoms with Gasteiger partial charge in [-0.1, -0.05) is 6.07 Å².